The zero-order valence-corrected chi connectivity index (χ0v) is 35.9. The van der Waals surface area contributed by atoms with E-state index in [9.17, 15) is 48.8 Å². The highest BCUT2D eigenvalue weighted by molar-refractivity contribution is 7.86. The lowest BCUT2D eigenvalue weighted by Gasteiger charge is -2.17. The van der Waals surface area contributed by atoms with E-state index in [4.69, 9.17) is 0 Å². The third-order valence-electron chi connectivity index (χ3n) is 10.5. The molecule has 324 valence electrons. The van der Waals surface area contributed by atoms with E-state index < -0.39 is 56.6 Å². The minimum atomic E-state index is -5.17. The molecule has 9 rings (SSSR count). The largest absolute Gasteiger partial charge is 0.478 e. The van der Waals surface area contributed by atoms with Crippen LogP contribution in [-0.2, 0) is 30.4 Å². The summed E-state index contributed by atoms with van der Waals surface area (Å²) in [6, 6.07) is 32.6. The van der Waals surface area contributed by atoms with Crippen molar-refractivity contribution >= 4 is 72.5 Å². The number of nitrogens with one attached hydrogen (secondary N) is 3. The second-order valence-electron chi connectivity index (χ2n) is 14.4. The summed E-state index contributed by atoms with van der Waals surface area (Å²) in [6.45, 7) is 0. The Kier molecular flexibility index (Phi) is 11.1. The average molecular weight is 937 g/mol. The van der Waals surface area contributed by atoms with E-state index in [1.165, 1.54) is 65.2 Å². The van der Waals surface area contributed by atoms with Gasteiger partial charge in [0.05, 0.1) is 27.6 Å². The minimum absolute atomic E-state index is 0. The molecule has 0 fully saturated rings. The maximum Gasteiger partial charge on any atom is 0.338 e. The zero-order chi connectivity index (χ0) is 44.4. The van der Waals surface area contributed by atoms with Crippen molar-refractivity contribution in [2.45, 2.75) is 14.7 Å². The third-order valence-corrected chi connectivity index (χ3v) is 13.2. The smallest absolute Gasteiger partial charge is 0.338 e. The summed E-state index contributed by atoms with van der Waals surface area (Å²) in [5.41, 5.74) is 0.0124. The molecule has 0 atom stereocenters. The first kappa shape index (κ1) is 43.6. The van der Waals surface area contributed by atoms with Crippen molar-refractivity contribution in [3.05, 3.63) is 189 Å². The quantitative estimate of drug-likeness (QED) is 0.103. The Morgan fingerprint density at radius 2 is 1.03 bits per heavy atom. The van der Waals surface area contributed by atoms with Crippen LogP contribution >= 0.6 is 12.4 Å². The number of carboxylic acid groups (broad SMARTS) is 1. The molecular formula is C45H33ClN4O11S3. The molecule has 7 N–H and O–H groups in total. The molecule has 0 aliphatic carbocycles. The monoisotopic (exact) mass is 936 g/mol. The predicted molar refractivity (Wildman–Crippen MR) is 240 cm³/mol. The Balaban J connectivity index is 0.00000560. The van der Waals surface area contributed by atoms with Crippen molar-refractivity contribution in [3.8, 4) is 27.9 Å². The van der Waals surface area contributed by atoms with Crippen molar-refractivity contribution in [3.63, 3.8) is 0 Å². The highest BCUT2D eigenvalue weighted by atomic mass is 35.5. The van der Waals surface area contributed by atoms with E-state index in [-0.39, 0.29) is 68.0 Å². The van der Waals surface area contributed by atoms with E-state index >= 15 is 0 Å². The lowest BCUT2D eigenvalue weighted by atomic mass is 9.93. The molecule has 0 saturated heterocycles. The first-order chi connectivity index (χ1) is 30.0. The number of rotatable bonds is 8. The molecule has 64 heavy (non-hydrogen) atoms. The lowest BCUT2D eigenvalue weighted by Crippen LogP contribution is -2.31. The van der Waals surface area contributed by atoms with Crippen LogP contribution in [0, 0.1) is 0 Å². The number of fused-ring (bicyclic) bond motifs is 8. The van der Waals surface area contributed by atoms with Gasteiger partial charge in [-0.25, -0.2) is 4.79 Å². The van der Waals surface area contributed by atoms with Gasteiger partial charge in [0.2, 0.25) is 0 Å². The molecule has 4 aromatic carbocycles. The molecule has 8 bridgehead atoms. The molecule has 15 nitrogen and oxygen atoms in total. The summed E-state index contributed by atoms with van der Waals surface area (Å²) in [5, 5.41) is 12.4. The van der Waals surface area contributed by atoms with Crippen molar-refractivity contribution in [2.75, 3.05) is 0 Å². The fourth-order valence-electron chi connectivity index (χ4n) is 8.01. The number of carboxylic acids is 1. The van der Waals surface area contributed by atoms with Crippen LogP contribution < -0.4 is 21.4 Å². The van der Waals surface area contributed by atoms with Gasteiger partial charge in [0.25, 0.3) is 30.4 Å². The van der Waals surface area contributed by atoms with Crippen LogP contribution in [0.25, 0.3) is 51.7 Å². The molecule has 0 unspecified atom stereocenters. The second-order valence-corrected chi connectivity index (χ2v) is 18.6. The van der Waals surface area contributed by atoms with Gasteiger partial charge in [0.1, 0.15) is 14.7 Å². The zero-order valence-electron chi connectivity index (χ0n) is 32.7. The highest BCUT2D eigenvalue weighted by Crippen LogP contribution is 2.38. The van der Waals surface area contributed by atoms with Crippen LogP contribution in [0.5, 0.6) is 0 Å². The van der Waals surface area contributed by atoms with E-state index in [1.807, 2.05) is 12.1 Å². The summed E-state index contributed by atoms with van der Waals surface area (Å²) in [5.74, 6) is -1.57. The number of carbonyl (C=O) groups is 1. The fraction of sp³-hybridized carbons (Fsp3) is 0. The summed E-state index contributed by atoms with van der Waals surface area (Å²) < 4.78 is 113. The number of aromatic nitrogens is 4. The number of aromatic carboxylic acids is 1. The number of nitrogens with zero attached hydrogens (tertiary/aromatic N) is 1. The van der Waals surface area contributed by atoms with E-state index in [0.717, 1.165) is 18.2 Å². The number of H-pyrrole nitrogens is 3. The van der Waals surface area contributed by atoms with Gasteiger partial charge in [0.15, 0.2) is 0 Å². The van der Waals surface area contributed by atoms with Gasteiger partial charge in [-0.2, -0.15) is 25.3 Å². The maximum absolute atomic E-state index is 14.3. The third kappa shape index (κ3) is 7.94. The number of halogens is 1. The average Bonchev–Trinajstić information content (AvgIpc) is 4.04. The fourth-order valence-corrected chi connectivity index (χ4v) is 10.1. The Morgan fingerprint density at radius 1 is 0.516 bits per heavy atom. The van der Waals surface area contributed by atoms with E-state index in [1.54, 1.807) is 60.7 Å². The van der Waals surface area contributed by atoms with Gasteiger partial charge in [-0.1, -0.05) is 78.9 Å². The van der Waals surface area contributed by atoms with Crippen LogP contribution in [0.1, 0.15) is 38.7 Å². The Labute approximate surface area is 370 Å². The van der Waals surface area contributed by atoms with Gasteiger partial charge in [0, 0.05) is 55.6 Å². The molecule has 1 aliphatic rings. The van der Waals surface area contributed by atoms with Crippen molar-refractivity contribution < 1.29 is 48.8 Å². The summed E-state index contributed by atoms with van der Waals surface area (Å²) >= 11 is 0. The Morgan fingerprint density at radius 3 is 1.64 bits per heavy atom. The molecule has 5 heterocycles. The number of hydrogen-bond acceptors (Lipinski definition) is 7. The first-order valence-corrected chi connectivity index (χ1v) is 23.1. The number of para-hydroxylation sites is 1. The van der Waals surface area contributed by atoms with Crippen LogP contribution in [0.3, 0.4) is 0 Å². The predicted octanol–water partition coefficient (Wildman–Crippen LogP) is 4.70. The van der Waals surface area contributed by atoms with Gasteiger partial charge >= 0.3 is 5.97 Å². The number of aromatic amines is 3. The molecule has 8 aromatic rings. The molecule has 1 aliphatic heterocycles. The Hall–Kier alpha value is -7.03. The van der Waals surface area contributed by atoms with Crippen molar-refractivity contribution in [2.24, 2.45) is 0 Å². The number of benzene rings is 4. The molecule has 19 heteroatoms. The standard InChI is InChI=1S/C45H32N4O11S3.ClH/c50-45(51)42-40(26-10-2-1-3-11-26)36-25-30-21-20-28(47-30)22-27-18-19-29(46-27)23-31-24-34(32-12-4-7-15-37(32)61(52,53)54)43(48-31)41(33-13-5-8-16-38(33)62(55,56)57)44(42)49(36)35-14-6-9-17-39(35)63(58,59)60;/h1-25,46-48H,(H,50,51)(H,52,53,54)(H,55,56,57)(H,58,59,60);1H. The first-order valence-electron chi connectivity index (χ1n) is 18.8. The maximum atomic E-state index is 14.3. The van der Waals surface area contributed by atoms with Crippen LogP contribution in [0.2, 0.25) is 0 Å². The van der Waals surface area contributed by atoms with Gasteiger partial charge in [-0.3, -0.25) is 13.7 Å². The van der Waals surface area contributed by atoms with Gasteiger partial charge in [-0.05, 0) is 78.4 Å². The minimum Gasteiger partial charge on any atom is -0.478 e. The summed E-state index contributed by atoms with van der Waals surface area (Å²) in [4.78, 5) is 22.1. The second kappa shape index (κ2) is 16.3. The summed E-state index contributed by atoms with van der Waals surface area (Å²) in [7, 11) is -15.2. The van der Waals surface area contributed by atoms with Gasteiger partial charge in [-0.15, -0.1) is 12.4 Å². The van der Waals surface area contributed by atoms with E-state index in [2.05, 4.69) is 15.0 Å². The SMILES string of the molecule is Cl.O=C(O)c1c(-c2ccccc2)c2n(-c3ccccc3S(=O)(=O)O)c1=C(c1ccccc1S(=O)(=O)O)c1[nH]c(cc1-c1ccccc1S(=O)(=O)O)C=c1ccc([nH]1)=Cc1ccc([nH]1)C=2. The normalized spacial score (nSPS) is 12.7. The molecule has 0 spiro atoms. The molecular weight excluding hydrogens is 904 g/mol. The van der Waals surface area contributed by atoms with E-state index in [0.29, 0.717) is 27.6 Å². The molecule has 4 aromatic heterocycles. The number of hydrogen-bond donors (Lipinski definition) is 7. The van der Waals surface area contributed by atoms with Crippen LogP contribution in [0.15, 0.2) is 148 Å². The van der Waals surface area contributed by atoms with Crippen LogP contribution in [-0.4, -0.2) is 69.5 Å². The summed E-state index contributed by atoms with van der Waals surface area (Å²) in [6.07, 6.45) is 5.03. The Bertz CT molecular complexity index is 3820. The van der Waals surface area contributed by atoms with Crippen LogP contribution in [0.4, 0.5) is 0 Å². The van der Waals surface area contributed by atoms with Crippen molar-refractivity contribution in [1.82, 2.24) is 19.5 Å². The molecule has 0 amide bonds. The van der Waals surface area contributed by atoms with Crippen molar-refractivity contribution in [1.29, 1.82) is 0 Å². The highest BCUT2D eigenvalue weighted by Gasteiger charge is 2.32. The molecule has 0 radical (unpaired) electrons. The lowest BCUT2D eigenvalue weighted by molar-refractivity contribution is 0.0696. The molecule has 0 saturated carbocycles. The topological polar surface area (TPSA) is 253 Å². The van der Waals surface area contributed by atoms with Gasteiger partial charge < -0.3 is 24.6 Å².